The second kappa shape index (κ2) is 3.66. The molecular formula is C9H9FN4O. The quantitative estimate of drug-likeness (QED) is 0.662. The fourth-order valence-electron chi connectivity index (χ4n) is 1.26. The van der Waals surface area contributed by atoms with Crippen molar-refractivity contribution in [1.29, 1.82) is 0 Å². The number of hydrogen-bond donors (Lipinski definition) is 3. The third-order valence-electron chi connectivity index (χ3n) is 2.04. The highest BCUT2D eigenvalue weighted by atomic mass is 19.1. The molecule has 0 saturated carbocycles. The van der Waals surface area contributed by atoms with Crippen LogP contribution in [0.3, 0.4) is 0 Å². The summed E-state index contributed by atoms with van der Waals surface area (Å²) in [7, 11) is 0. The molecule has 2 rings (SSSR count). The molecule has 1 heterocycles. The minimum atomic E-state index is -0.565. The van der Waals surface area contributed by atoms with Gasteiger partial charge >= 0.3 is 5.69 Å². The van der Waals surface area contributed by atoms with Gasteiger partial charge in [-0.1, -0.05) is 12.1 Å². The number of benzene rings is 1. The highest BCUT2D eigenvalue weighted by Gasteiger charge is 2.12. The molecule has 1 aromatic heterocycles. The Labute approximate surface area is 84.1 Å². The molecule has 0 spiro atoms. The fourth-order valence-corrected chi connectivity index (χ4v) is 1.26. The molecule has 15 heavy (non-hydrogen) atoms. The zero-order chi connectivity index (χ0) is 10.8. The van der Waals surface area contributed by atoms with Crippen molar-refractivity contribution >= 4 is 0 Å². The van der Waals surface area contributed by atoms with Crippen molar-refractivity contribution in [3.8, 4) is 0 Å². The predicted octanol–water partition coefficient (Wildman–Crippen LogP) is 0.285. The van der Waals surface area contributed by atoms with Crippen molar-refractivity contribution < 1.29 is 4.39 Å². The van der Waals surface area contributed by atoms with E-state index in [-0.39, 0.29) is 5.82 Å². The number of nitrogens with two attached hydrogens (primary N) is 1. The summed E-state index contributed by atoms with van der Waals surface area (Å²) in [5.74, 6) is -0.00641. The van der Waals surface area contributed by atoms with Gasteiger partial charge in [-0.15, -0.1) is 0 Å². The standard InChI is InChI=1S/C9H9FN4O/c10-6-3-1-5(2-4-6)7(11)8-12-9(15)14-13-8/h1-4,7H,11H2,(H2,12,13,14,15). The van der Waals surface area contributed by atoms with E-state index >= 15 is 0 Å². The number of nitrogens with zero attached hydrogens (tertiary/aromatic N) is 1. The minimum Gasteiger partial charge on any atom is -0.318 e. The average Bonchev–Trinajstić information content (AvgIpc) is 2.65. The summed E-state index contributed by atoms with van der Waals surface area (Å²) < 4.78 is 12.6. The van der Waals surface area contributed by atoms with Gasteiger partial charge in [0.15, 0.2) is 5.82 Å². The van der Waals surface area contributed by atoms with Crippen LogP contribution in [0.5, 0.6) is 0 Å². The lowest BCUT2D eigenvalue weighted by Gasteiger charge is -2.07. The van der Waals surface area contributed by atoms with Gasteiger partial charge in [-0.3, -0.25) is 4.98 Å². The predicted molar refractivity (Wildman–Crippen MR) is 51.6 cm³/mol. The van der Waals surface area contributed by atoms with Gasteiger partial charge in [-0.05, 0) is 17.7 Å². The Bertz CT molecular complexity index is 501. The van der Waals surface area contributed by atoms with Gasteiger partial charge in [0.05, 0.1) is 6.04 Å². The van der Waals surface area contributed by atoms with Crippen molar-refractivity contribution in [1.82, 2.24) is 15.2 Å². The Balaban J connectivity index is 2.31. The molecule has 6 heteroatoms. The zero-order valence-corrected chi connectivity index (χ0v) is 7.70. The van der Waals surface area contributed by atoms with Crippen LogP contribution in [0.4, 0.5) is 4.39 Å². The first-order chi connectivity index (χ1) is 7.16. The first-order valence-electron chi connectivity index (χ1n) is 4.32. The van der Waals surface area contributed by atoms with E-state index < -0.39 is 11.7 Å². The molecule has 0 radical (unpaired) electrons. The number of H-pyrrole nitrogens is 2. The molecule has 0 amide bonds. The third kappa shape index (κ3) is 1.94. The summed E-state index contributed by atoms with van der Waals surface area (Å²) in [4.78, 5) is 13.2. The number of nitrogens with one attached hydrogen (secondary N) is 2. The lowest BCUT2D eigenvalue weighted by atomic mass is 10.1. The number of aromatic nitrogens is 3. The number of hydrogen-bond acceptors (Lipinski definition) is 3. The maximum atomic E-state index is 12.6. The molecule has 5 nitrogen and oxygen atoms in total. The van der Waals surface area contributed by atoms with Gasteiger partial charge in [-0.25, -0.2) is 14.3 Å². The van der Waals surface area contributed by atoms with Crippen LogP contribution >= 0.6 is 0 Å². The fraction of sp³-hybridized carbons (Fsp3) is 0.111. The van der Waals surface area contributed by atoms with Crippen LogP contribution in [-0.2, 0) is 0 Å². The topological polar surface area (TPSA) is 87.6 Å². The van der Waals surface area contributed by atoms with Crippen LogP contribution in [0.1, 0.15) is 17.4 Å². The van der Waals surface area contributed by atoms with Crippen molar-refractivity contribution in [2.24, 2.45) is 5.73 Å². The van der Waals surface area contributed by atoms with E-state index in [9.17, 15) is 9.18 Å². The monoisotopic (exact) mass is 208 g/mol. The Morgan fingerprint density at radius 2 is 2.00 bits per heavy atom. The number of aromatic amines is 2. The Hall–Kier alpha value is -1.95. The van der Waals surface area contributed by atoms with Crippen LogP contribution in [0.2, 0.25) is 0 Å². The molecule has 1 atom stereocenters. The molecule has 0 fully saturated rings. The van der Waals surface area contributed by atoms with Crippen LogP contribution in [0, 0.1) is 5.82 Å². The smallest absolute Gasteiger partial charge is 0.318 e. The van der Waals surface area contributed by atoms with Crippen LogP contribution in [-0.4, -0.2) is 15.2 Å². The zero-order valence-electron chi connectivity index (χ0n) is 7.70. The van der Waals surface area contributed by atoms with Crippen molar-refractivity contribution in [2.45, 2.75) is 6.04 Å². The summed E-state index contributed by atoms with van der Waals surface area (Å²) in [5, 5.41) is 5.92. The largest absolute Gasteiger partial charge is 0.340 e. The van der Waals surface area contributed by atoms with E-state index in [1.807, 2.05) is 0 Å². The normalized spacial score (nSPS) is 12.7. The maximum absolute atomic E-state index is 12.6. The summed E-state index contributed by atoms with van der Waals surface area (Å²) in [6.45, 7) is 0. The molecule has 0 saturated heterocycles. The van der Waals surface area contributed by atoms with Gasteiger partial charge in [0, 0.05) is 0 Å². The second-order valence-electron chi connectivity index (χ2n) is 3.09. The SMILES string of the molecule is NC(c1ccc(F)cc1)c1n[nH]c(=O)[nH]1. The van der Waals surface area contributed by atoms with Gasteiger partial charge in [0.25, 0.3) is 0 Å². The highest BCUT2D eigenvalue weighted by molar-refractivity contribution is 5.24. The van der Waals surface area contributed by atoms with E-state index in [1.165, 1.54) is 12.1 Å². The van der Waals surface area contributed by atoms with Crippen LogP contribution < -0.4 is 11.4 Å². The Morgan fingerprint density at radius 1 is 1.33 bits per heavy atom. The molecule has 78 valence electrons. The summed E-state index contributed by atoms with van der Waals surface area (Å²) in [6.07, 6.45) is 0. The molecule has 0 bridgehead atoms. The first-order valence-corrected chi connectivity index (χ1v) is 4.32. The van der Waals surface area contributed by atoms with E-state index in [1.54, 1.807) is 12.1 Å². The molecule has 4 N–H and O–H groups in total. The van der Waals surface area contributed by atoms with E-state index in [0.29, 0.717) is 11.4 Å². The number of halogens is 1. The van der Waals surface area contributed by atoms with Crippen LogP contribution in [0.15, 0.2) is 29.1 Å². The van der Waals surface area contributed by atoms with Crippen molar-refractivity contribution in [2.75, 3.05) is 0 Å². The van der Waals surface area contributed by atoms with Gasteiger partial charge in [0.1, 0.15) is 5.82 Å². The minimum absolute atomic E-state index is 0.326. The maximum Gasteiger partial charge on any atom is 0.340 e. The molecule has 1 unspecified atom stereocenters. The third-order valence-corrected chi connectivity index (χ3v) is 2.04. The van der Waals surface area contributed by atoms with E-state index in [2.05, 4.69) is 15.2 Å². The summed E-state index contributed by atoms with van der Waals surface area (Å²) in [6, 6.07) is 5.14. The van der Waals surface area contributed by atoms with Crippen LogP contribution in [0.25, 0.3) is 0 Å². The molecule has 2 aromatic rings. The number of rotatable bonds is 2. The molecule has 0 aliphatic heterocycles. The molecular weight excluding hydrogens is 199 g/mol. The average molecular weight is 208 g/mol. The molecule has 1 aromatic carbocycles. The summed E-state index contributed by atoms with van der Waals surface area (Å²) >= 11 is 0. The van der Waals surface area contributed by atoms with E-state index in [0.717, 1.165) is 0 Å². The Kier molecular flexibility index (Phi) is 2.34. The van der Waals surface area contributed by atoms with E-state index in [4.69, 9.17) is 5.73 Å². The molecule has 0 aliphatic rings. The summed E-state index contributed by atoms with van der Waals surface area (Å²) in [5.41, 5.74) is 6.07. The van der Waals surface area contributed by atoms with Gasteiger partial charge < -0.3 is 5.73 Å². The van der Waals surface area contributed by atoms with Gasteiger partial charge in [-0.2, -0.15) is 5.10 Å². The molecule has 0 aliphatic carbocycles. The second-order valence-corrected chi connectivity index (χ2v) is 3.09. The van der Waals surface area contributed by atoms with Crippen molar-refractivity contribution in [3.63, 3.8) is 0 Å². The lowest BCUT2D eigenvalue weighted by Crippen LogP contribution is -2.14. The lowest BCUT2D eigenvalue weighted by molar-refractivity contribution is 0.626. The van der Waals surface area contributed by atoms with Crippen molar-refractivity contribution in [3.05, 3.63) is 52.0 Å². The van der Waals surface area contributed by atoms with Gasteiger partial charge in [0.2, 0.25) is 0 Å². The first kappa shape index (κ1) is 9.60. The highest BCUT2D eigenvalue weighted by Crippen LogP contribution is 2.14. The Morgan fingerprint density at radius 3 is 2.53 bits per heavy atom.